The molecule has 0 heterocycles. The minimum Gasteiger partial charge on any atom is -0.496 e. The normalized spacial score (nSPS) is 10.6. The van der Waals surface area contributed by atoms with Gasteiger partial charge < -0.3 is 19.1 Å². The molecule has 1 rings (SSSR count). The Bertz CT molecular complexity index is 575. The zero-order valence-electron chi connectivity index (χ0n) is 12.8. The minimum atomic E-state index is -0.391. The van der Waals surface area contributed by atoms with Crippen molar-refractivity contribution in [3.63, 3.8) is 0 Å². The summed E-state index contributed by atoms with van der Waals surface area (Å²) in [5.41, 5.74) is 0.495. The van der Waals surface area contributed by atoms with Gasteiger partial charge in [-0.15, -0.1) is 0 Å². The predicted octanol–water partition coefficient (Wildman–Crippen LogP) is 1.71. The number of carbonyl (C=O) groups is 1. The molecule has 0 saturated carbocycles. The van der Waals surface area contributed by atoms with Gasteiger partial charge in [-0.2, -0.15) is 5.26 Å². The lowest BCUT2D eigenvalue weighted by Crippen LogP contribution is -2.22. The van der Waals surface area contributed by atoms with Crippen molar-refractivity contribution < 1.29 is 19.0 Å². The van der Waals surface area contributed by atoms with Crippen molar-refractivity contribution >= 4 is 12.0 Å². The summed E-state index contributed by atoms with van der Waals surface area (Å²) in [6.45, 7) is 0. The Morgan fingerprint density at radius 3 is 2.00 bits per heavy atom. The van der Waals surface area contributed by atoms with E-state index in [1.165, 1.54) is 32.3 Å². The molecule has 0 N–H and O–H groups in total. The van der Waals surface area contributed by atoms with Gasteiger partial charge in [-0.3, -0.25) is 4.79 Å². The van der Waals surface area contributed by atoms with E-state index in [1.807, 2.05) is 6.07 Å². The summed E-state index contributed by atoms with van der Waals surface area (Å²) >= 11 is 0. The molecule has 0 aliphatic heterocycles. The van der Waals surface area contributed by atoms with Crippen LogP contribution in [0.4, 0.5) is 0 Å². The number of amides is 1. The number of hydrogen-bond donors (Lipinski definition) is 0. The van der Waals surface area contributed by atoms with Gasteiger partial charge >= 0.3 is 0 Å². The SMILES string of the molecule is COc1cc(OC)c(/C=C(\C#N)C(=O)N(C)C)c(OC)c1. The number of nitrogens with zero attached hydrogens (tertiary/aromatic N) is 2. The third kappa shape index (κ3) is 3.66. The lowest BCUT2D eigenvalue weighted by atomic mass is 10.1. The fourth-order valence-electron chi connectivity index (χ4n) is 1.70. The molecule has 0 fully saturated rings. The molecule has 6 heteroatoms. The molecule has 0 bridgehead atoms. The molecule has 1 amide bonds. The molecule has 0 radical (unpaired) electrons. The van der Waals surface area contributed by atoms with Crippen LogP contribution in [0.5, 0.6) is 17.2 Å². The zero-order valence-corrected chi connectivity index (χ0v) is 12.8. The van der Waals surface area contributed by atoms with Gasteiger partial charge in [-0.25, -0.2) is 0 Å². The van der Waals surface area contributed by atoms with Crippen molar-refractivity contribution in [1.82, 2.24) is 4.90 Å². The molecular weight excluding hydrogens is 272 g/mol. The number of ether oxygens (including phenoxy) is 3. The van der Waals surface area contributed by atoms with E-state index >= 15 is 0 Å². The van der Waals surface area contributed by atoms with E-state index in [0.717, 1.165) is 0 Å². The van der Waals surface area contributed by atoms with Gasteiger partial charge in [0.15, 0.2) is 0 Å². The van der Waals surface area contributed by atoms with Crippen molar-refractivity contribution in [3.05, 3.63) is 23.3 Å². The average molecular weight is 290 g/mol. The fourth-order valence-corrected chi connectivity index (χ4v) is 1.70. The maximum Gasteiger partial charge on any atom is 0.264 e. The van der Waals surface area contributed by atoms with Gasteiger partial charge in [0, 0.05) is 26.2 Å². The standard InChI is InChI=1S/C15H18N2O4/c1-17(2)15(18)10(9-16)6-12-13(20-4)7-11(19-3)8-14(12)21-5/h6-8H,1-5H3/b10-6+. The molecule has 6 nitrogen and oxygen atoms in total. The van der Waals surface area contributed by atoms with Crippen molar-refractivity contribution in [3.8, 4) is 23.3 Å². The molecule has 0 aromatic heterocycles. The molecule has 0 saturated heterocycles. The first kappa shape index (κ1) is 16.4. The molecule has 1 aromatic carbocycles. The Hall–Kier alpha value is -2.68. The topological polar surface area (TPSA) is 71.8 Å². The molecule has 0 aliphatic rings. The lowest BCUT2D eigenvalue weighted by molar-refractivity contribution is -0.124. The van der Waals surface area contributed by atoms with Gasteiger partial charge in [-0.1, -0.05) is 0 Å². The van der Waals surface area contributed by atoms with Crippen molar-refractivity contribution in [2.24, 2.45) is 0 Å². The van der Waals surface area contributed by atoms with Gasteiger partial charge in [-0.05, 0) is 6.08 Å². The van der Waals surface area contributed by atoms with E-state index in [4.69, 9.17) is 19.5 Å². The monoisotopic (exact) mass is 290 g/mol. The van der Waals surface area contributed by atoms with Crippen LogP contribution in [-0.2, 0) is 4.79 Å². The second-order valence-electron chi connectivity index (χ2n) is 4.31. The molecule has 1 aromatic rings. The maximum atomic E-state index is 11.9. The van der Waals surface area contributed by atoms with Crippen LogP contribution in [0.1, 0.15) is 5.56 Å². The Morgan fingerprint density at radius 2 is 1.67 bits per heavy atom. The minimum absolute atomic E-state index is 0.0123. The Kier molecular flexibility index (Phi) is 5.61. The first-order valence-corrected chi connectivity index (χ1v) is 6.11. The summed E-state index contributed by atoms with van der Waals surface area (Å²) in [5, 5.41) is 9.16. The number of rotatable bonds is 5. The van der Waals surface area contributed by atoms with Crippen LogP contribution in [-0.4, -0.2) is 46.2 Å². The van der Waals surface area contributed by atoms with Gasteiger partial charge in [0.25, 0.3) is 5.91 Å². The Labute approximate surface area is 124 Å². The first-order chi connectivity index (χ1) is 9.98. The van der Waals surface area contributed by atoms with Crippen LogP contribution in [0.25, 0.3) is 6.08 Å². The zero-order chi connectivity index (χ0) is 16.0. The highest BCUT2D eigenvalue weighted by atomic mass is 16.5. The van der Waals surface area contributed by atoms with Crippen LogP contribution in [0.3, 0.4) is 0 Å². The van der Waals surface area contributed by atoms with E-state index in [1.54, 1.807) is 26.2 Å². The van der Waals surface area contributed by atoms with Crippen molar-refractivity contribution in [2.45, 2.75) is 0 Å². The van der Waals surface area contributed by atoms with Crippen LogP contribution < -0.4 is 14.2 Å². The van der Waals surface area contributed by atoms with Crippen LogP contribution >= 0.6 is 0 Å². The molecule has 21 heavy (non-hydrogen) atoms. The van der Waals surface area contributed by atoms with Crippen LogP contribution in [0, 0.1) is 11.3 Å². The average Bonchev–Trinajstić information content (AvgIpc) is 2.50. The highest BCUT2D eigenvalue weighted by molar-refractivity contribution is 6.02. The van der Waals surface area contributed by atoms with E-state index in [9.17, 15) is 4.79 Å². The molecule has 0 spiro atoms. The predicted molar refractivity (Wildman–Crippen MR) is 78.4 cm³/mol. The Morgan fingerprint density at radius 1 is 1.14 bits per heavy atom. The highest BCUT2D eigenvalue weighted by Crippen LogP contribution is 2.35. The Balaban J connectivity index is 3.47. The fraction of sp³-hybridized carbons (Fsp3) is 0.333. The van der Waals surface area contributed by atoms with Crippen LogP contribution in [0.2, 0.25) is 0 Å². The summed E-state index contributed by atoms with van der Waals surface area (Å²) in [6.07, 6.45) is 1.44. The summed E-state index contributed by atoms with van der Waals surface area (Å²) in [4.78, 5) is 13.3. The highest BCUT2D eigenvalue weighted by Gasteiger charge is 2.16. The molecule has 0 atom stereocenters. The largest absolute Gasteiger partial charge is 0.496 e. The maximum absolute atomic E-state index is 11.9. The molecule has 0 aliphatic carbocycles. The van der Waals surface area contributed by atoms with Crippen LogP contribution in [0.15, 0.2) is 17.7 Å². The second kappa shape index (κ2) is 7.20. The summed E-state index contributed by atoms with van der Waals surface area (Å²) in [5.74, 6) is 1.06. The smallest absolute Gasteiger partial charge is 0.264 e. The third-order valence-electron chi connectivity index (χ3n) is 2.80. The number of hydrogen-bond acceptors (Lipinski definition) is 5. The lowest BCUT2D eigenvalue weighted by Gasteiger charge is -2.14. The number of methoxy groups -OCH3 is 3. The number of likely N-dealkylation sites (N-methyl/N-ethyl adjacent to an activating group) is 1. The number of benzene rings is 1. The molecular formula is C15H18N2O4. The van der Waals surface area contributed by atoms with E-state index in [-0.39, 0.29) is 5.57 Å². The first-order valence-electron chi connectivity index (χ1n) is 6.11. The van der Waals surface area contributed by atoms with E-state index in [2.05, 4.69) is 0 Å². The molecule has 112 valence electrons. The van der Waals surface area contributed by atoms with Crippen molar-refractivity contribution in [1.29, 1.82) is 5.26 Å². The second-order valence-corrected chi connectivity index (χ2v) is 4.31. The van der Waals surface area contributed by atoms with Gasteiger partial charge in [0.05, 0.1) is 26.9 Å². The van der Waals surface area contributed by atoms with Gasteiger partial charge in [0.2, 0.25) is 0 Å². The number of nitriles is 1. The third-order valence-corrected chi connectivity index (χ3v) is 2.80. The summed E-state index contributed by atoms with van der Waals surface area (Å²) in [6, 6.07) is 5.20. The van der Waals surface area contributed by atoms with E-state index in [0.29, 0.717) is 22.8 Å². The quantitative estimate of drug-likeness (QED) is 0.610. The molecule has 0 unspecified atom stereocenters. The summed E-state index contributed by atoms with van der Waals surface area (Å²) in [7, 11) is 7.67. The van der Waals surface area contributed by atoms with Crippen molar-refractivity contribution in [2.75, 3.05) is 35.4 Å². The number of carbonyl (C=O) groups excluding carboxylic acids is 1. The van der Waals surface area contributed by atoms with Gasteiger partial charge in [0.1, 0.15) is 28.9 Å². The van der Waals surface area contributed by atoms with E-state index < -0.39 is 5.91 Å². The summed E-state index contributed by atoms with van der Waals surface area (Å²) < 4.78 is 15.7.